The summed E-state index contributed by atoms with van der Waals surface area (Å²) in [5, 5.41) is 26.5. The molecular formula is C36H65N11O10S3. The normalized spacial score (nSPS) is 17.1. The van der Waals surface area contributed by atoms with Gasteiger partial charge in [-0.15, -0.1) is 0 Å². The van der Waals surface area contributed by atoms with Crippen LogP contribution in [0.1, 0.15) is 71.6 Å². The van der Waals surface area contributed by atoms with Gasteiger partial charge in [0.2, 0.25) is 47.3 Å². The van der Waals surface area contributed by atoms with E-state index >= 15 is 0 Å². The van der Waals surface area contributed by atoms with Gasteiger partial charge in [-0.2, -0.15) is 37.9 Å². The van der Waals surface area contributed by atoms with Gasteiger partial charge in [-0.25, -0.2) is 0 Å². The molecule has 0 aliphatic carbocycles. The lowest BCUT2D eigenvalue weighted by Gasteiger charge is -2.28. The number of nitrogens with one attached hydrogen (secondary N) is 7. The molecule has 21 nitrogen and oxygen atoms in total. The predicted molar refractivity (Wildman–Crippen MR) is 233 cm³/mol. The molecule has 0 bridgehead atoms. The minimum absolute atomic E-state index is 0.0993. The summed E-state index contributed by atoms with van der Waals surface area (Å²) in [6, 6.07) is -7.73. The number of carbonyl (C=O) groups excluding carboxylic acids is 8. The zero-order chi connectivity index (χ0) is 45.4. The number of hydrogen-bond donors (Lipinski definition) is 14. The molecule has 14 N–H and O–H groups in total. The molecule has 60 heavy (non-hydrogen) atoms. The van der Waals surface area contributed by atoms with Gasteiger partial charge >= 0.3 is 5.97 Å². The van der Waals surface area contributed by atoms with E-state index in [4.69, 9.17) is 22.3 Å². The van der Waals surface area contributed by atoms with E-state index in [0.717, 1.165) is 0 Å². The number of nitrogens with zero attached hydrogens (tertiary/aromatic N) is 1. The van der Waals surface area contributed by atoms with Crippen molar-refractivity contribution in [2.24, 2.45) is 23.1 Å². The molecule has 0 radical (unpaired) electrons. The zero-order valence-corrected chi connectivity index (χ0v) is 37.0. The Morgan fingerprint density at radius 1 is 0.683 bits per heavy atom. The molecule has 8 unspecified atom stereocenters. The van der Waals surface area contributed by atoms with Gasteiger partial charge in [0.25, 0.3) is 0 Å². The van der Waals surface area contributed by atoms with Gasteiger partial charge in [-0.3, -0.25) is 43.2 Å². The number of rotatable bonds is 29. The van der Waals surface area contributed by atoms with Gasteiger partial charge in [0.1, 0.15) is 42.8 Å². The van der Waals surface area contributed by atoms with Gasteiger partial charge in [0, 0.05) is 23.8 Å². The Hall–Kier alpha value is -3.84. The van der Waals surface area contributed by atoms with E-state index in [-0.39, 0.29) is 30.1 Å². The van der Waals surface area contributed by atoms with Crippen LogP contribution in [0.15, 0.2) is 0 Å². The Bertz CT molecular complexity index is 1470. The number of carboxylic acids is 1. The van der Waals surface area contributed by atoms with Crippen LogP contribution < -0.4 is 54.4 Å². The van der Waals surface area contributed by atoms with Gasteiger partial charge in [-0.05, 0) is 70.4 Å². The fourth-order valence-electron chi connectivity index (χ4n) is 6.08. The van der Waals surface area contributed by atoms with Crippen molar-refractivity contribution in [2.45, 2.75) is 114 Å². The Morgan fingerprint density at radius 2 is 1.18 bits per heavy atom. The summed E-state index contributed by atoms with van der Waals surface area (Å²) in [6.07, 6.45) is 3.46. The molecule has 1 aliphatic heterocycles. The van der Waals surface area contributed by atoms with Crippen LogP contribution in [0, 0.1) is 5.92 Å². The third-order valence-corrected chi connectivity index (χ3v) is 10.9. The minimum atomic E-state index is -1.30. The summed E-state index contributed by atoms with van der Waals surface area (Å²) in [5.41, 5.74) is 17.2. The van der Waals surface area contributed by atoms with Gasteiger partial charge in [-0.1, -0.05) is 20.3 Å². The smallest absolute Gasteiger partial charge is 0.322 e. The number of likely N-dealkylation sites (tertiary alicyclic amines) is 1. The SMILES string of the molecule is CCC(C)C(NC(=O)CNC(=O)C1CCCN1C(=O)C(N)CS)C(=O)NC(CCCCN)C(=O)NC(CCCCN)C(=O)NC(CS)C(=O)NC(CS)C(=O)NCC(=O)O. The molecule has 0 saturated carbocycles. The second-order valence-electron chi connectivity index (χ2n) is 14.4. The van der Waals surface area contributed by atoms with Crippen LogP contribution in [0.25, 0.3) is 0 Å². The summed E-state index contributed by atoms with van der Waals surface area (Å²) in [7, 11) is 0. The lowest BCUT2D eigenvalue weighted by atomic mass is 9.97. The Kier molecular flexibility index (Phi) is 26.6. The average Bonchev–Trinajstić information content (AvgIpc) is 3.73. The molecule has 1 saturated heterocycles. The molecule has 24 heteroatoms. The van der Waals surface area contributed by atoms with Crippen LogP contribution in [-0.2, 0) is 43.2 Å². The fourth-order valence-corrected chi connectivity index (χ4v) is 6.75. The van der Waals surface area contributed by atoms with E-state index in [9.17, 15) is 43.2 Å². The average molecular weight is 908 g/mol. The maximum absolute atomic E-state index is 13.9. The largest absolute Gasteiger partial charge is 0.480 e. The lowest BCUT2D eigenvalue weighted by molar-refractivity contribution is -0.139. The van der Waals surface area contributed by atoms with Gasteiger partial charge in [0.05, 0.1) is 12.6 Å². The molecule has 342 valence electrons. The summed E-state index contributed by atoms with van der Waals surface area (Å²) >= 11 is 12.3. The number of nitrogens with two attached hydrogens (primary N) is 3. The highest BCUT2D eigenvalue weighted by Gasteiger charge is 2.37. The molecule has 0 aromatic carbocycles. The Balaban J connectivity index is 3.14. The van der Waals surface area contributed by atoms with Crippen molar-refractivity contribution in [2.75, 3.05) is 50.0 Å². The van der Waals surface area contributed by atoms with Crippen molar-refractivity contribution in [1.29, 1.82) is 0 Å². The standard InChI is InChI=1S/C36H65N11O10S3/c1-3-20(2)29(46-27(48)15-40-34(55)26-11-8-14-47(26)36(57)21(39)17-58)35(56)43-23(10-5-7-13-38)31(52)42-22(9-4-6-12-37)32(53)45-25(19-60)33(54)44-24(18-59)30(51)41-16-28(49)50/h20-26,29,58-60H,3-19,37-39H2,1-2H3,(H,40,55)(H,41,51)(H,42,52)(H,43,56)(H,44,54)(H,45,53)(H,46,48)(H,49,50). The van der Waals surface area contributed by atoms with Gasteiger partial charge in [0.15, 0.2) is 0 Å². The number of aliphatic carboxylic acids is 1. The summed E-state index contributed by atoms with van der Waals surface area (Å²) in [5.74, 6) is -7.46. The number of thiol groups is 3. The highest BCUT2D eigenvalue weighted by Crippen LogP contribution is 2.18. The molecule has 8 atom stereocenters. The highest BCUT2D eigenvalue weighted by molar-refractivity contribution is 7.80. The minimum Gasteiger partial charge on any atom is -0.480 e. The molecule has 0 spiro atoms. The van der Waals surface area contributed by atoms with Crippen LogP contribution in [0.5, 0.6) is 0 Å². The number of carboxylic acid groups (broad SMARTS) is 1. The van der Waals surface area contributed by atoms with Gasteiger partial charge < -0.3 is 64.4 Å². The number of carbonyl (C=O) groups is 9. The van der Waals surface area contributed by atoms with Crippen LogP contribution in [-0.4, -0.2) is 156 Å². The number of amides is 8. The molecule has 1 rings (SSSR count). The highest BCUT2D eigenvalue weighted by atomic mass is 32.1. The third-order valence-electron chi connectivity index (χ3n) is 9.79. The van der Waals surface area contributed by atoms with E-state index in [1.165, 1.54) is 4.90 Å². The zero-order valence-electron chi connectivity index (χ0n) is 34.3. The summed E-state index contributed by atoms with van der Waals surface area (Å²) in [6.45, 7) is 3.30. The third kappa shape index (κ3) is 18.8. The molecule has 0 aromatic rings. The molecule has 8 amide bonds. The molecule has 0 aromatic heterocycles. The summed E-state index contributed by atoms with van der Waals surface area (Å²) in [4.78, 5) is 118. The molecular weight excluding hydrogens is 843 g/mol. The number of unbranched alkanes of at least 4 members (excludes halogenated alkanes) is 2. The van der Waals surface area contributed by atoms with E-state index < -0.39 is 115 Å². The van der Waals surface area contributed by atoms with Crippen LogP contribution in [0.3, 0.4) is 0 Å². The topological polar surface area (TPSA) is 339 Å². The Morgan fingerprint density at radius 3 is 1.67 bits per heavy atom. The van der Waals surface area contributed by atoms with Crippen LogP contribution in [0.4, 0.5) is 0 Å². The first-order chi connectivity index (χ1) is 28.5. The second-order valence-corrected chi connectivity index (χ2v) is 15.5. The van der Waals surface area contributed by atoms with Crippen LogP contribution >= 0.6 is 37.9 Å². The first-order valence-corrected chi connectivity index (χ1v) is 22.0. The van der Waals surface area contributed by atoms with E-state index in [1.807, 2.05) is 0 Å². The van der Waals surface area contributed by atoms with Crippen molar-refractivity contribution in [3.8, 4) is 0 Å². The van der Waals surface area contributed by atoms with Crippen molar-refractivity contribution in [1.82, 2.24) is 42.1 Å². The second kappa shape index (κ2) is 29.4. The molecule has 1 fully saturated rings. The first kappa shape index (κ1) is 54.2. The van der Waals surface area contributed by atoms with E-state index in [0.29, 0.717) is 64.6 Å². The van der Waals surface area contributed by atoms with Crippen molar-refractivity contribution < 1.29 is 48.3 Å². The molecule has 1 aliphatic rings. The monoisotopic (exact) mass is 907 g/mol. The molecule has 1 heterocycles. The maximum Gasteiger partial charge on any atom is 0.322 e. The lowest BCUT2D eigenvalue weighted by Crippen LogP contribution is -2.60. The Labute approximate surface area is 367 Å². The van der Waals surface area contributed by atoms with E-state index in [2.05, 4.69) is 75.1 Å². The van der Waals surface area contributed by atoms with E-state index in [1.54, 1.807) is 13.8 Å². The van der Waals surface area contributed by atoms with Crippen LogP contribution in [0.2, 0.25) is 0 Å². The van der Waals surface area contributed by atoms with Crippen molar-refractivity contribution in [3.63, 3.8) is 0 Å². The maximum atomic E-state index is 13.9. The predicted octanol–water partition coefficient (Wildman–Crippen LogP) is -3.86. The fraction of sp³-hybridized carbons (Fsp3) is 0.750. The first-order valence-electron chi connectivity index (χ1n) is 20.1. The quantitative estimate of drug-likeness (QED) is 0.0253. The summed E-state index contributed by atoms with van der Waals surface area (Å²) < 4.78 is 0. The number of hydrogen-bond acceptors (Lipinski definition) is 15. The van der Waals surface area contributed by atoms with Crippen molar-refractivity contribution in [3.05, 3.63) is 0 Å². The van der Waals surface area contributed by atoms with Crippen molar-refractivity contribution >= 4 is 91.1 Å².